The summed E-state index contributed by atoms with van der Waals surface area (Å²) in [4.78, 5) is 23.0. The van der Waals surface area contributed by atoms with Gasteiger partial charge in [-0.05, 0) is 79.8 Å². The van der Waals surface area contributed by atoms with Gasteiger partial charge in [0.15, 0.2) is 0 Å². The lowest BCUT2D eigenvalue weighted by Crippen LogP contribution is -2.04. The summed E-state index contributed by atoms with van der Waals surface area (Å²) >= 11 is 1.53. The van der Waals surface area contributed by atoms with Crippen LogP contribution >= 0.6 is 11.8 Å². The number of thioether (sulfide) groups is 1. The van der Waals surface area contributed by atoms with Crippen molar-refractivity contribution in [2.45, 2.75) is 42.2 Å². The summed E-state index contributed by atoms with van der Waals surface area (Å²) in [7, 11) is 0. The van der Waals surface area contributed by atoms with Crippen LogP contribution in [-0.2, 0) is 11.2 Å². The van der Waals surface area contributed by atoms with Gasteiger partial charge in [0.2, 0.25) is 0 Å². The van der Waals surface area contributed by atoms with Crippen LogP contribution in [0.3, 0.4) is 0 Å². The predicted molar refractivity (Wildman–Crippen MR) is 146 cm³/mol. The Bertz CT molecular complexity index is 1130. The highest BCUT2D eigenvalue weighted by Crippen LogP contribution is 2.28. The normalized spacial score (nSPS) is 11.8. The Morgan fingerprint density at radius 2 is 1.43 bits per heavy atom. The van der Waals surface area contributed by atoms with Gasteiger partial charge in [0, 0.05) is 16.6 Å². The summed E-state index contributed by atoms with van der Waals surface area (Å²) in [5.74, 6) is -0.0890. The first kappa shape index (κ1) is 27.9. The zero-order valence-corrected chi connectivity index (χ0v) is 21.4. The van der Waals surface area contributed by atoms with E-state index in [1.165, 1.54) is 11.8 Å². The Balaban J connectivity index is 1.41. The van der Waals surface area contributed by atoms with Crippen molar-refractivity contribution < 1.29 is 29.3 Å². The number of carboxylic acids is 2. The van der Waals surface area contributed by atoms with Gasteiger partial charge in [0.1, 0.15) is 11.5 Å². The number of allylic oxidation sites excluding steroid dienone is 1. The smallest absolute Gasteiger partial charge is 0.335 e. The number of hydrogen-bond donors (Lipinski definition) is 2. The molecule has 37 heavy (non-hydrogen) atoms. The van der Waals surface area contributed by atoms with Gasteiger partial charge in [-0.1, -0.05) is 42.5 Å². The minimum Gasteiger partial charge on any atom is -0.494 e. The Hall–Kier alpha value is -3.71. The number of carbonyl (C=O) groups is 2. The van der Waals surface area contributed by atoms with E-state index in [0.717, 1.165) is 41.2 Å². The number of carboxylic acid groups (broad SMARTS) is 2. The van der Waals surface area contributed by atoms with Crippen molar-refractivity contribution in [3.8, 4) is 11.5 Å². The molecule has 0 amide bonds. The summed E-state index contributed by atoms with van der Waals surface area (Å²) in [6.45, 7) is 1.30. The highest BCUT2D eigenvalue weighted by Gasteiger charge is 2.11. The third-order valence-electron chi connectivity index (χ3n) is 5.48. The zero-order valence-electron chi connectivity index (χ0n) is 20.6. The first-order valence-corrected chi connectivity index (χ1v) is 13.2. The maximum absolute atomic E-state index is 11.1. The molecule has 0 bridgehead atoms. The van der Waals surface area contributed by atoms with Crippen molar-refractivity contribution in [1.29, 1.82) is 0 Å². The maximum atomic E-state index is 11.1. The SMILES string of the molecule is O=C(O)CC[C@@H](C=CCc1ccc(OCCCCOc2ccccc2)cc1)Sc1ccc(C(=O)O)cc1. The lowest BCUT2D eigenvalue weighted by atomic mass is 10.1. The van der Waals surface area contributed by atoms with E-state index >= 15 is 0 Å². The maximum Gasteiger partial charge on any atom is 0.335 e. The van der Waals surface area contributed by atoms with E-state index in [4.69, 9.17) is 19.7 Å². The number of para-hydroxylation sites is 1. The fourth-order valence-electron chi connectivity index (χ4n) is 3.49. The van der Waals surface area contributed by atoms with Gasteiger partial charge in [0.05, 0.1) is 18.8 Å². The van der Waals surface area contributed by atoms with Gasteiger partial charge in [-0.15, -0.1) is 11.8 Å². The van der Waals surface area contributed by atoms with E-state index in [0.29, 0.717) is 19.6 Å². The fourth-order valence-corrected chi connectivity index (χ4v) is 4.56. The van der Waals surface area contributed by atoms with Crippen LogP contribution < -0.4 is 9.47 Å². The molecule has 7 heteroatoms. The van der Waals surface area contributed by atoms with Gasteiger partial charge in [-0.2, -0.15) is 0 Å². The molecular formula is C30H32O6S. The van der Waals surface area contributed by atoms with Crippen LogP contribution in [0, 0.1) is 0 Å². The molecule has 0 aliphatic rings. The third-order valence-corrected chi connectivity index (χ3v) is 6.72. The molecule has 3 aromatic rings. The van der Waals surface area contributed by atoms with E-state index in [9.17, 15) is 9.59 Å². The predicted octanol–water partition coefficient (Wildman–Crippen LogP) is 6.75. The van der Waals surface area contributed by atoms with Crippen LogP contribution in [0.5, 0.6) is 11.5 Å². The second kappa shape index (κ2) is 15.4. The molecule has 0 saturated carbocycles. The van der Waals surface area contributed by atoms with Crippen LogP contribution in [0.1, 0.15) is 41.6 Å². The van der Waals surface area contributed by atoms with E-state index < -0.39 is 11.9 Å². The molecule has 1 atom stereocenters. The number of aliphatic carboxylic acids is 1. The van der Waals surface area contributed by atoms with E-state index in [1.807, 2.05) is 66.7 Å². The van der Waals surface area contributed by atoms with Crippen molar-refractivity contribution in [3.05, 3.63) is 102 Å². The van der Waals surface area contributed by atoms with Crippen molar-refractivity contribution in [2.24, 2.45) is 0 Å². The molecule has 0 spiro atoms. The molecule has 3 rings (SSSR count). The molecular weight excluding hydrogens is 488 g/mol. The van der Waals surface area contributed by atoms with Gasteiger partial charge in [0.25, 0.3) is 0 Å². The molecule has 6 nitrogen and oxygen atoms in total. The molecule has 0 aliphatic carbocycles. The fraction of sp³-hybridized carbons (Fsp3) is 0.267. The van der Waals surface area contributed by atoms with Crippen molar-refractivity contribution in [1.82, 2.24) is 0 Å². The lowest BCUT2D eigenvalue weighted by molar-refractivity contribution is -0.137. The lowest BCUT2D eigenvalue weighted by Gasteiger charge is -2.12. The Labute approximate surface area is 221 Å². The third kappa shape index (κ3) is 10.8. The topological polar surface area (TPSA) is 93.1 Å². The largest absolute Gasteiger partial charge is 0.494 e. The van der Waals surface area contributed by atoms with E-state index in [1.54, 1.807) is 24.3 Å². The van der Waals surface area contributed by atoms with Crippen LogP contribution in [0.4, 0.5) is 0 Å². The number of aromatic carboxylic acids is 1. The number of hydrogen-bond acceptors (Lipinski definition) is 5. The Morgan fingerprint density at radius 1 is 0.811 bits per heavy atom. The van der Waals surface area contributed by atoms with Crippen molar-refractivity contribution in [2.75, 3.05) is 13.2 Å². The first-order valence-electron chi connectivity index (χ1n) is 12.3. The average molecular weight is 521 g/mol. The van der Waals surface area contributed by atoms with E-state index in [-0.39, 0.29) is 17.2 Å². The summed E-state index contributed by atoms with van der Waals surface area (Å²) in [6.07, 6.45) is 7.18. The van der Waals surface area contributed by atoms with Crippen LogP contribution in [0.15, 0.2) is 95.9 Å². The second-order valence-corrected chi connectivity index (χ2v) is 9.72. The molecule has 3 aromatic carbocycles. The highest BCUT2D eigenvalue weighted by molar-refractivity contribution is 8.00. The Morgan fingerprint density at radius 3 is 2.03 bits per heavy atom. The summed E-state index contributed by atoms with van der Waals surface area (Å²) in [5, 5.41) is 18.1. The van der Waals surface area contributed by atoms with Gasteiger partial charge in [-0.25, -0.2) is 4.79 Å². The zero-order chi connectivity index (χ0) is 26.3. The van der Waals surface area contributed by atoms with Crippen LogP contribution in [0.25, 0.3) is 0 Å². The molecule has 0 heterocycles. The summed E-state index contributed by atoms with van der Waals surface area (Å²) in [6, 6.07) is 24.4. The average Bonchev–Trinajstić information content (AvgIpc) is 2.91. The van der Waals surface area contributed by atoms with Crippen LogP contribution in [0.2, 0.25) is 0 Å². The Kier molecular flexibility index (Phi) is 11.6. The molecule has 0 radical (unpaired) electrons. The number of rotatable bonds is 16. The standard InChI is InChI=1S/C30H32O6S/c31-29(32)20-19-27(37-28-17-13-24(14-18-28)30(33)34)10-6-7-23-11-15-26(16-12-23)36-22-5-4-21-35-25-8-2-1-3-9-25/h1-3,6,8-18,27H,4-5,7,19-22H2,(H,31,32)(H,33,34)/t27-/m1/s1. The van der Waals surface area contributed by atoms with Gasteiger partial charge >= 0.3 is 11.9 Å². The molecule has 2 N–H and O–H groups in total. The molecule has 0 unspecified atom stereocenters. The van der Waals surface area contributed by atoms with Gasteiger partial charge < -0.3 is 19.7 Å². The number of unbranched alkanes of at least 4 members (excludes halogenated alkanes) is 1. The second-order valence-electron chi connectivity index (χ2n) is 8.41. The monoisotopic (exact) mass is 520 g/mol. The van der Waals surface area contributed by atoms with Crippen molar-refractivity contribution in [3.63, 3.8) is 0 Å². The van der Waals surface area contributed by atoms with Crippen molar-refractivity contribution >= 4 is 23.7 Å². The summed E-state index contributed by atoms with van der Waals surface area (Å²) in [5.41, 5.74) is 1.36. The number of benzene rings is 3. The quantitative estimate of drug-likeness (QED) is 0.123. The number of ether oxygens (including phenoxy) is 2. The minimum atomic E-state index is -0.969. The first-order chi connectivity index (χ1) is 18.0. The molecule has 0 aromatic heterocycles. The molecule has 194 valence electrons. The minimum absolute atomic E-state index is 0.0275. The molecule has 0 aliphatic heterocycles. The van der Waals surface area contributed by atoms with Gasteiger partial charge in [-0.3, -0.25) is 4.79 Å². The molecule has 0 fully saturated rings. The molecule has 0 saturated heterocycles. The highest BCUT2D eigenvalue weighted by atomic mass is 32.2. The van der Waals surface area contributed by atoms with Crippen LogP contribution in [-0.4, -0.2) is 40.6 Å². The van der Waals surface area contributed by atoms with E-state index in [2.05, 4.69) is 0 Å². The summed E-state index contributed by atoms with van der Waals surface area (Å²) < 4.78 is 11.5.